The van der Waals surface area contributed by atoms with Crippen molar-refractivity contribution in [2.45, 2.75) is 20.4 Å². The van der Waals surface area contributed by atoms with Gasteiger partial charge in [-0.1, -0.05) is 18.2 Å². The molecule has 1 aromatic carbocycles. The van der Waals surface area contributed by atoms with Crippen molar-refractivity contribution in [3.63, 3.8) is 0 Å². The Morgan fingerprint density at radius 3 is 2.67 bits per heavy atom. The lowest BCUT2D eigenvalue weighted by atomic mass is 10.2. The average molecular weight is 263 g/mol. The van der Waals surface area contributed by atoms with Crippen molar-refractivity contribution < 1.29 is 9.18 Å². The lowest BCUT2D eigenvalue weighted by Gasteiger charge is -2.05. The minimum absolute atomic E-state index is 0.153. The number of halogens is 1. The molecule has 0 unspecified atom stereocenters. The summed E-state index contributed by atoms with van der Waals surface area (Å²) in [5.41, 5.74) is 1.17. The topological polar surface area (TPSA) is 29.1 Å². The number of benzene rings is 1. The predicted molar refractivity (Wildman–Crippen MR) is 71.4 cm³/mol. The van der Waals surface area contributed by atoms with Gasteiger partial charge in [0.25, 0.3) is 5.91 Å². The van der Waals surface area contributed by atoms with E-state index in [-0.39, 0.29) is 18.3 Å². The number of hydrogen-bond acceptors (Lipinski definition) is 2. The van der Waals surface area contributed by atoms with Crippen LogP contribution in [0, 0.1) is 19.7 Å². The van der Waals surface area contributed by atoms with Crippen molar-refractivity contribution in [3.05, 3.63) is 57.0 Å². The standard InChI is InChI=1S/C14H14FNOS/c1-9-7-12(10(2)18-9)14(17)16-8-11-5-3-4-6-13(11)15/h3-7H,8H2,1-2H3,(H,16,17). The molecule has 2 rings (SSSR count). The second-order valence-corrected chi connectivity index (χ2v) is 5.56. The number of nitrogens with one attached hydrogen (secondary N) is 1. The minimum Gasteiger partial charge on any atom is -0.348 e. The van der Waals surface area contributed by atoms with E-state index in [0.717, 1.165) is 9.75 Å². The van der Waals surface area contributed by atoms with Crippen molar-refractivity contribution in [2.24, 2.45) is 0 Å². The second kappa shape index (κ2) is 5.31. The zero-order chi connectivity index (χ0) is 13.1. The van der Waals surface area contributed by atoms with Crippen molar-refractivity contribution >= 4 is 17.2 Å². The molecular weight excluding hydrogens is 249 g/mol. The van der Waals surface area contributed by atoms with E-state index in [1.807, 2.05) is 19.9 Å². The zero-order valence-corrected chi connectivity index (χ0v) is 11.1. The molecule has 0 saturated heterocycles. The fourth-order valence-electron chi connectivity index (χ4n) is 1.77. The molecule has 1 heterocycles. The van der Waals surface area contributed by atoms with Gasteiger partial charge < -0.3 is 5.32 Å². The van der Waals surface area contributed by atoms with Crippen molar-refractivity contribution in [3.8, 4) is 0 Å². The Labute approximate surface area is 109 Å². The summed E-state index contributed by atoms with van der Waals surface area (Å²) in [4.78, 5) is 14.0. The van der Waals surface area contributed by atoms with Crippen LogP contribution in [0.5, 0.6) is 0 Å². The molecule has 0 spiro atoms. The highest BCUT2D eigenvalue weighted by Gasteiger charge is 2.12. The van der Waals surface area contributed by atoms with Gasteiger partial charge in [0, 0.05) is 21.9 Å². The molecule has 2 nitrogen and oxygen atoms in total. The van der Waals surface area contributed by atoms with Crippen LogP contribution in [0.4, 0.5) is 4.39 Å². The molecule has 0 atom stereocenters. The highest BCUT2D eigenvalue weighted by Crippen LogP contribution is 2.20. The summed E-state index contributed by atoms with van der Waals surface area (Å²) in [6.07, 6.45) is 0. The molecule has 94 valence electrons. The van der Waals surface area contributed by atoms with Crippen LogP contribution in [0.1, 0.15) is 25.7 Å². The lowest BCUT2D eigenvalue weighted by Crippen LogP contribution is -2.23. The zero-order valence-electron chi connectivity index (χ0n) is 10.3. The van der Waals surface area contributed by atoms with E-state index in [0.29, 0.717) is 11.1 Å². The Hall–Kier alpha value is -1.68. The fourth-order valence-corrected chi connectivity index (χ4v) is 2.69. The summed E-state index contributed by atoms with van der Waals surface area (Å²) >= 11 is 1.59. The van der Waals surface area contributed by atoms with Gasteiger partial charge in [-0.2, -0.15) is 0 Å². The van der Waals surface area contributed by atoms with Crippen LogP contribution in [-0.2, 0) is 6.54 Å². The average Bonchev–Trinajstić information content (AvgIpc) is 2.67. The SMILES string of the molecule is Cc1cc(C(=O)NCc2ccccc2F)c(C)s1. The van der Waals surface area contributed by atoms with Crippen molar-refractivity contribution in [1.82, 2.24) is 5.32 Å². The van der Waals surface area contributed by atoms with Gasteiger partial charge in [0.1, 0.15) is 5.82 Å². The normalized spacial score (nSPS) is 10.4. The summed E-state index contributed by atoms with van der Waals surface area (Å²) in [6, 6.07) is 8.30. The Kier molecular flexibility index (Phi) is 3.77. The Balaban J connectivity index is 2.05. The number of rotatable bonds is 3. The van der Waals surface area contributed by atoms with Gasteiger partial charge >= 0.3 is 0 Å². The molecule has 1 N–H and O–H groups in total. The Morgan fingerprint density at radius 2 is 2.06 bits per heavy atom. The van der Waals surface area contributed by atoms with E-state index < -0.39 is 0 Å². The lowest BCUT2D eigenvalue weighted by molar-refractivity contribution is 0.0950. The third-order valence-electron chi connectivity index (χ3n) is 2.68. The molecule has 0 bridgehead atoms. The van der Waals surface area contributed by atoms with Crippen LogP contribution in [0.3, 0.4) is 0 Å². The first-order valence-corrected chi connectivity index (χ1v) is 6.48. The van der Waals surface area contributed by atoms with E-state index >= 15 is 0 Å². The summed E-state index contributed by atoms with van der Waals surface area (Å²) in [7, 11) is 0. The maximum atomic E-state index is 13.4. The van der Waals surface area contributed by atoms with Crippen LogP contribution in [0.25, 0.3) is 0 Å². The number of amides is 1. The summed E-state index contributed by atoms with van der Waals surface area (Å²) < 4.78 is 13.4. The molecule has 0 fully saturated rings. The molecule has 0 saturated carbocycles. The molecule has 18 heavy (non-hydrogen) atoms. The van der Waals surface area contributed by atoms with Gasteiger partial charge in [0.05, 0.1) is 5.56 Å². The van der Waals surface area contributed by atoms with E-state index in [1.54, 1.807) is 29.5 Å². The number of hydrogen-bond donors (Lipinski definition) is 1. The highest BCUT2D eigenvalue weighted by atomic mass is 32.1. The highest BCUT2D eigenvalue weighted by molar-refractivity contribution is 7.12. The van der Waals surface area contributed by atoms with Crippen LogP contribution in [0.2, 0.25) is 0 Å². The summed E-state index contributed by atoms with van der Waals surface area (Å²) in [6.45, 7) is 4.08. The monoisotopic (exact) mass is 263 g/mol. The van der Waals surface area contributed by atoms with Crippen LogP contribution in [0.15, 0.2) is 30.3 Å². The first kappa shape index (κ1) is 12.8. The molecule has 1 amide bonds. The number of carbonyl (C=O) groups is 1. The maximum absolute atomic E-state index is 13.4. The molecule has 4 heteroatoms. The van der Waals surface area contributed by atoms with Crippen LogP contribution >= 0.6 is 11.3 Å². The fraction of sp³-hybridized carbons (Fsp3) is 0.214. The second-order valence-electron chi connectivity index (χ2n) is 4.10. The number of carbonyl (C=O) groups excluding carboxylic acids is 1. The largest absolute Gasteiger partial charge is 0.348 e. The van der Waals surface area contributed by atoms with E-state index in [2.05, 4.69) is 5.32 Å². The van der Waals surface area contributed by atoms with Crippen LogP contribution < -0.4 is 5.32 Å². The van der Waals surface area contributed by atoms with E-state index in [4.69, 9.17) is 0 Å². The molecule has 0 radical (unpaired) electrons. The van der Waals surface area contributed by atoms with E-state index in [9.17, 15) is 9.18 Å². The molecule has 1 aromatic heterocycles. The molecular formula is C14H14FNOS. The van der Waals surface area contributed by atoms with Crippen LogP contribution in [-0.4, -0.2) is 5.91 Å². The summed E-state index contributed by atoms with van der Waals surface area (Å²) in [5.74, 6) is -0.448. The van der Waals surface area contributed by atoms with Gasteiger partial charge in [-0.25, -0.2) is 4.39 Å². The summed E-state index contributed by atoms with van der Waals surface area (Å²) in [5, 5.41) is 2.74. The minimum atomic E-state index is -0.295. The van der Waals surface area contributed by atoms with Gasteiger partial charge in [-0.15, -0.1) is 11.3 Å². The molecule has 0 aliphatic heterocycles. The number of thiophene rings is 1. The smallest absolute Gasteiger partial charge is 0.252 e. The first-order valence-electron chi connectivity index (χ1n) is 5.66. The van der Waals surface area contributed by atoms with Gasteiger partial charge in [0.15, 0.2) is 0 Å². The van der Waals surface area contributed by atoms with Crippen molar-refractivity contribution in [1.29, 1.82) is 0 Å². The maximum Gasteiger partial charge on any atom is 0.252 e. The Morgan fingerprint density at radius 1 is 1.33 bits per heavy atom. The van der Waals surface area contributed by atoms with Crippen molar-refractivity contribution in [2.75, 3.05) is 0 Å². The third-order valence-corrected chi connectivity index (χ3v) is 3.65. The first-order chi connectivity index (χ1) is 8.58. The van der Waals surface area contributed by atoms with E-state index in [1.165, 1.54) is 6.07 Å². The predicted octanol–water partition coefficient (Wildman–Crippen LogP) is 3.43. The molecule has 0 aliphatic carbocycles. The number of aryl methyl sites for hydroxylation is 2. The molecule has 2 aromatic rings. The molecule has 0 aliphatic rings. The van der Waals surface area contributed by atoms with Gasteiger partial charge in [-0.3, -0.25) is 4.79 Å². The Bertz CT molecular complexity index is 577. The quantitative estimate of drug-likeness (QED) is 0.903. The van der Waals surface area contributed by atoms with Gasteiger partial charge in [-0.05, 0) is 26.0 Å². The van der Waals surface area contributed by atoms with Gasteiger partial charge in [0.2, 0.25) is 0 Å². The third kappa shape index (κ3) is 2.76.